The maximum Gasteiger partial charge on any atom is 0.225 e. The van der Waals surface area contributed by atoms with Crippen LogP contribution in [0.4, 0.5) is 14.7 Å². The first kappa shape index (κ1) is 31.0. The average Bonchev–Trinajstić information content (AvgIpc) is 3.62. The van der Waals surface area contributed by atoms with E-state index < -0.39 is 11.6 Å². The minimum atomic E-state index is -0.646. The van der Waals surface area contributed by atoms with E-state index in [0.717, 1.165) is 25.1 Å². The summed E-state index contributed by atoms with van der Waals surface area (Å²) >= 11 is 0. The molecule has 2 aliphatic rings. The molecule has 3 heterocycles. The van der Waals surface area contributed by atoms with Crippen LogP contribution in [0.3, 0.4) is 0 Å². The Kier molecular flexibility index (Phi) is 10.6. The third kappa shape index (κ3) is 5.95. The molecule has 1 unspecified atom stereocenters. The Bertz CT molecular complexity index is 1440. The number of aryl methyl sites for hydroxylation is 1. The van der Waals surface area contributed by atoms with Gasteiger partial charge in [0.05, 0.1) is 18.8 Å². The molecule has 8 heteroatoms. The number of fused-ring (bicyclic) bond motifs is 3. The van der Waals surface area contributed by atoms with Gasteiger partial charge < -0.3 is 15.4 Å². The number of halogens is 2. The van der Waals surface area contributed by atoms with Crippen LogP contribution in [0, 0.1) is 35.8 Å². The van der Waals surface area contributed by atoms with E-state index in [9.17, 15) is 5.26 Å². The first-order chi connectivity index (χ1) is 19.2. The molecule has 2 aliphatic heterocycles. The fraction of sp³-hybridized carbons (Fsp3) is 0.469. The molecule has 0 aliphatic carbocycles. The van der Waals surface area contributed by atoms with Crippen LogP contribution in [0.5, 0.6) is 0 Å². The Morgan fingerprint density at radius 3 is 2.40 bits per heavy atom. The van der Waals surface area contributed by atoms with E-state index in [1.807, 2.05) is 18.7 Å². The van der Waals surface area contributed by atoms with E-state index >= 15 is 8.78 Å². The van der Waals surface area contributed by atoms with Crippen molar-refractivity contribution >= 4 is 22.4 Å². The van der Waals surface area contributed by atoms with E-state index in [4.69, 9.17) is 10.5 Å². The van der Waals surface area contributed by atoms with Gasteiger partial charge >= 0.3 is 0 Å². The zero-order valence-corrected chi connectivity index (χ0v) is 24.8. The third-order valence-corrected chi connectivity index (χ3v) is 7.26. The lowest BCUT2D eigenvalue weighted by Crippen LogP contribution is -2.21. The van der Waals surface area contributed by atoms with Gasteiger partial charge in [0.15, 0.2) is 5.82 Å². The van der Waals surface area contributed by atoms with Crippen molar-refractivity contribution in [2.75, 3.05) is 18.0 Å². The Hall–Kier alpha value is -3.57. The van der Waals surface area contributed by atoms with Crippen molar-refractivity contribution in [2.45, 2.75) is 80.9 Å². The number of aromatic nitrogens is 2. The van der Waals surface area contributed by atoms with Crippen LogP contribution in [-0.4, -0.2) is 23.1 Å². The van der Waals surface area contributed by atoms with E-state index in [1.165, 1.54) is 18.9 Å². The molecule has 0 spiro atoms. The van der Waals surface area contributed by atoms with Gasteiger partial charge in [-0.1, -0.05) is 53.5 Å². The molecule has 2 aromatic carbocycles. The van der Waals surface area contributed by atoms with Crippen LogP contribution in [0.15, 0.2) is 24.0 Å². The number of allylic oxidation sites excluding steroid dienone is 2. The summed E-state index contributed by atoms with van der Waals surface area (Å²) < 4.78 is 37.5. The van der Waals surface area contributed by atoms with Gasteiger partial charge in [-0.25, -0.2) is 18.7 Å². The molecule has 214 valence electrons. The number of hydrogen-bond acceptors (Lipinski definition) is 6. The van der Waals surface area contributed by atoms with E-state index in [2.05, 4.69) is 36.8 Å². The lowest BCUT2D eigenvalue weighted by molar-refractivity contribution is 0.135. The number of nitrogens with two attached hydrogens (primary N) is 1. The second-order valence-corrected chi connectivity index (χ2v) is 10.2. The molecule has 40 heavy (non-hydrogen) atoms. The second-order valence-electron chi connectivity index (χ2n) is 10.2. The maximum absolute atomic E-state index is 16.4. The van der Waals surface area contributed by atoms with Gasteiger partial charge in [-0.15, -0.1) is 0 Å². The van der Waals surface area contributed by atoms with Crippen molar-refractivity contribution in [3.63, 3.8) is 0 Å². The summed E-state index contributed by atoms with van der Waals surface area (Å²) in [5.74, 6) is -0.314. The number of unbranched alkanes of at least 4 members (excludes halogenated alkanes) is 1. The number of ether oxygens (including phenoxy) is 1. The number of anilines is 1. The van der Waals surface area contributed by atoms with Crippen LogP contribution < -0.4 is 10.6 Å². The van der Waals surface area contributed by atoms with Crippen molar-refractivity contribution in [2.24, 2.45) is 11.7 Å². The Labute approximate surface area is 236 Å². The summed E-state index contributed by atoms with van der Waals surface area (Å²) in [6.45, 7) is 15.8. The van der Waals surface area contributed by atoms with Gasteiger partial charge in [0.1, 0.15) is 17.4 Å². The first-order valence-electron chi connectivity index (χ1n) is 14.2. The molecule has 1 fully saturated rings. The second kappa shape index (κ2) is 13.7. The maximum atomic E-state index is 16.4. The van der Waals surface area contributed by atoms with Gasteiger partial charge in [0, 0.05) is 47.1 Å². The number of rotatable bonds is 4. The lowest BCUT2D eigenvalue weighted by Gasteiger charge is -2.20. The highest BCUT2D eigenvalue weighted by Crippen LogP contribution is 2.44. The Morgan fingerprint density at radius 1 is 1.15 bits per heavy atom. The molecule has 6 nitrogen and oxygen atoms in total. The molecule has 5 rings (SSSR count). The third-order valence-electron chi connectivity index (χ3n) is 7.26. The normalized spacial score (nSPS) is 16.4. The molecule has 1 atom stereocenters. The Morgan fingerprint density at radius 2 is 1.82 bits per heavy atom. The molecular formula is C32H41F2N5O. The van der Waals surface area contributed by atoms with E-state index in [-0.39, 0.29) is 46.7 Å². The van der Waals surface area contributed by atoms with Crippen LogP contribution in [-0.2, 0) is 18.0 Å². The summed E-state index contributed by atoms with van der Waals surface area (Å²) in [6.07, 6.45) is 5.30. The van der Waals surface area contributed by atoms with Crippen molar-refractivity contribution in [1.82, 2.24) is 9.97 Å². The van der Waals surface area contributed by atoms with E-state index in [0.29, 0.717) is 28.4 Å². The van der Waals surface area contributed by atoms with Gasteiger partial charge in [-0.3, -0.25) is 0 Å². The van der Waals surface area contributed by atoms with Gasteiger partial charge in [-0.05, 0) is 48.9 Å². The highest BCUT2D eigenvalue weighted by Gasteiger charge is 2.31. The highest BCUT2D eigenvalue weighted by atomic mass is 19.1. The van der Waals surface area contributed by atoms with Crippen molar-refractivity contribution in [1.29, 1.82) is 5.26 Å². The molecule has 2 N–H and O–H groups in total. The minimum Gasteiger partial charge on any atom is -0.401 e. The fourth-order valence-electron chi connectivity index (χ4n) is 5.02. The summed E-state index contributed by atoms with van der Waals surface area (Å²) in [4.78, 5) is 11.1. The monoisotopic (exact) mass is 549 g/mol. The molecule has 0 radical (unpaired) electrons. The number of nitrogens with zero attached hydrogens (tertiary/aromatic N) is 4. The largest absolute Gasteiger partial charge is 0.401 e. The zero-order valence-electron chi connectivity index (χ0n) is 24.8. The molecule has 3 aromatic rings. The molecule has 1 saturated heterocycles. The highest BCUT2D eigenvalue weighted by molar-refractivity contribution is 5.96. The van der Waals surface area contributed by atoms with Crippen molar-refractivity contribution in [3.8, 4) is 17.2 Å². The summed E-state index contributed by atoms with van der Waals surface area (Å²) in [5.41, 5.74) is 8.75. The van der Waals surface area contributed by atoms with Crippen LogP contribution >= 0.6 is 0 Å². The number of benzene rings is 2. The van der Waals surface area contributed by atoms with Gasteiger partial charge in [0.25, 0.3) is 0 Å². The van der Waals surface area contributed by atoms with Crippen LogP contribution in [0.1, 0.15) is 83.1 Å². The zero-order chi connectivity index (χ0) is 29.6. The standard InChI is InChI=1S/C26H25F2N5O.C4H10.C2H6/c1-13-6-7-33(10-13)26-31-9-17-18-11-34-12-19(18)22(24(28)25(17)32-26)23-20(27)5-4-14(2)21(23)16(8-29)15(3)30;1-3-4-2;1-2/h4-5,9,13H,6-7,10-12,30H2,1-3H3;3-4H2,1-2H3;1-2H3/b16-15+;;. The topological polar surface area (TPSA) is 88.1 Å². The number of hydrogen-bond donors (Lipinski definition) is 1. The molecule has 0 bridgehead atoms. The van der Waals surface area contributed by atoms with Crippen molar-refractivity contribution in [3.05, 3.63) is 57.9 Å². The fourth-order valence-corrected chi connectivity index (χ4v) is 5.02. The smallest absolute Gasteiger partial charge is 0.225 e. The molecule has 0 saturated carbocycles. The van der Waals surface area contributed by atoms with Crippen molar-refractivity contribution < 1.29 is 13.5 Å². The average molecular weight is 550 g/mol. The number of nitriles is 1. The van der Waals surface area contributed by atoms with Gasteiger partial charge in [-0.2, -0.15) is 5.26 Å². The minimum absolute atomic E-state index is 0.0115. The summed E-state index contributed by atoms with van der Waals surface area (Å²) in [5, 5.41) is 10.4. The SMILES string of the molecule is C/C(N)=C(/C#N)c1c(C)ccc(F)c1-c1c2c(c3cnc(N4CCC(C)C4)nc3c1F)COC2.CC.CCCC. The molecular weight excluding hydrogens is 508 g/mol. The molecule has 0 amide bonds. The molecule has 1 aromatic heterocycles. The first-order valence-corrected chi connectivity index (χ1v) is 14.2. The predicted octanol–water partition coefficient (Wildman–Crippen LogP) is 7.81. The van der Waals surface area contributed by atoms with E-state index in [1.54, 1.807) is 26.1 Å². The lowest BCUT2D eigenvalue weighted by atomic mass is 9.86. The summed E-state index contributed by atoms with van der Waals surface area (Å²) in [6, 6.07) is 4.93. The summed E-state index contributed by atoms with van der Waals surface area (Å²) in [7, 11) is 0. The van der Waals surface area contributed by atoms with Gasteiger partial charge in [0.2, 0.25) is 5.95 Å². The van der Waals surface area contributed by atoms with Crippen LogP contribution in [0.2, 0.25) is 0 Å². The Balaban J connectivity index is 0.000000677. The van der Waals surface area contributed by atoms with Crippen LogP contribution in [0.25, 0.3) is 27.6 Å². The quantitative estimate of drug-likeness (QED) is 0.334. The predicted molar refractivity (Wildman–Crippen MR) is 158 cm³/mol.